The zero-order chi connectivity index (χ0) is 22.2. The number of sulfone groups is 1. The van der Waals surface area contributed by atoms with Gasteiger partial charge in [0.1, 0.15) is 10.6 Å². The Morgan fingerprint density at radius 3 is 2.26 bits per heavy atom. The molecule has 0 saturated heterocycles. The van der Waals surface area contributed by atoms with Gasteiger partial charge in [-0.3, -0.25) is 4.79 Å². The Bertz CT molecular complexity index is 1230. The van der Waals surface area contributed by atoms with Crippen LogP contribution in [0, 0.1) is 0 Å². The van der Waals surface area contributed by atoms with E-state index in [2.05, 4.69) is 5.32 Å². The van der Waals surface area contributed by atoms with E-state index in [1.807, 2.05) is 0 Å². The fraction of sp³-hybridized carbons (Fsp3) is 0.227. The van der Waals surface area contributed by atoms with Gasteiger partial charge in [-0.2, -0.15) is 0 Å². The molecule has 1 atom stereocenters. The van der Waals surface area contributed by atoms with E-state index in [0.29, 0.717) is 22.9 Å². The molecule has 0 saturated carbocycles. The minimum Gasteiger partial charge on any atom is -0.496 e. The van der Waals surface area contributed by atoms with Gasteiger partial charge in [0.2, 0.25) is 15.7 Å². The first kappa shape index (κ1) is 21.2. The lowest BCUT2D eigenvalue weighted by atomic mass is 9.89. The third-order valence-corrected chi connectivity index (χ3v) is 8.25. The van der Waals surface area contributed by atoms with Crippen LogP contribution in [0.15, 0.2) is 57.6 Å². The van der Waals surface area contributed by atoms with E-state index < -0.39 is 9.84 Å². The van der Waals surface area contributed by atoms with Crippen molar-refractivity contribution < 1.29 is 27.4 Å². The molecule has 1 aromatic heterocycles. The topological polar surface area (TPSA) is 90.9 Å². The second-order valence-electron chi connectivity index (χ2n) is 6.91. The van der Waals surface area contributed by atoms with E-state index in [1.54, 1.807) is 47.8 Å². The summed E-state index contributed by atoms with van der Waals surface area (Å²) < 4.78 is 42.8. The predicted molar refractivity (Wildman–Crippen MR) is 117 cm³/mol. The molecule has 1 aliphatic rings. The molecule has 1 N–H and O–H groups in total. The van der Waals surface area contributed by atoms with Crippen molar-refractivity contribution in [1.82, 2.24) is 0 Å². The number of methoxy groups -OCH3 is 3. The summed E-state index contributed by atoms with van der Waals surface area (Å²) in [6, 6.07) is 11.6. The van der Waals surface area contributed by atoms with Crippen LogP contribution in [0.25, 0.3) is 0 Å². The summed E-state index contributed by atoms with van der Waals surface area (Å²) >= 11 is 1.30. The van der Waals surface area contributed by atoms with Gasteiger partial charge < -0.3 is 19.5 Å². The van der Waals surface area contributed by atoms with E-state index in [-0.39, 0.29) is 28.0 Å². The molecule has 0 radical (unpaired) electrons. The molecular weight excluding hydrogens is 438 g/mol. The van der Waals surface area contributed by atoms with Crippen molar-refractivity contribution in [3.05, 3.63) is 58.3 Å². The monoisotopic (exact) mass is 459 g/mol. The van der Waals surface area contributed by atoms with Crippen LogP contribution in [0.3, 0.4) is 0 Å². The van der Waals surface area contributed by atoms with Gasteiger partial charge in [-0.05, 0) is 18.2 Å². The molecule has 0 spiro atoms. The molecule has 1 amide bonds. The van der Waals surface area contributed by atoms with Crippen LogP contribution in [0.2, 0.25) is 0 Å². The summed E-state index contributed by atoms with van der Waals surface area (Å²) in [5.41, 5.74) is 1.05. The lowest BCUT2D eigenvalue weighted by molar-refractivity contribution is -0.116. The van der Waals surface area contributed by atoms with Gasteiger partial charge in [0.15, 0.2) is 11.5 Å². The van der Waals surface area contributed by atoms with E-state index in [9.17, 15) is 13.2 Å². The first-order chi connectivity index (χ1) is 14.9. The molecule has 31 heavy (non-hydrogen) atoms. The minimum absolute atomic E-state index is 0.0937. The third-order valence-electron chi connectivity index (χ3n) is 5.21. The molecule has 3 aromatic rings. The van der Waals surface area contributed by atoms with E-state index in [1.165, 1.54) is 32.7 Å². The molecule has 7 nitrogen and oxygen atoms in total. The Kier molecular flexibility index (Phi) is 5.63. The normalized spacial score (nSPS) is 15.7. The highest BCUT2D eigenvalue weighted by Crippen LogP contribution is 2.49. The lowest BCUT2D eigenvalue weighted by Gasteiger charge is -2.26. The maximum absolute atomic E-state index is 13.2. The Labute approximate surface area is 184 Å². The molecule has 2 aromatic carbocycles. The van der Waals surface area contributed by atoms with E-state index >= 15 is 0 Å². The Morgan fingerprint density at radius 2 is 1.61 bits per heavy atom. The van der Waals surface area contributed by atoms with Gasteiger partial charge in [0.05, 0.1) is 31.9 Å². The van der Waals surface area contributed by atoms with Crippen molar-refractivity contribution >= 4 is 32.8 Å². The number of ether oxygens (including phenoxy) is 3. The fourth-order valence-corrected chi connectivity index (χ4v) is 6.63. The smallest absolute Gasteiger partial charge is 0.225 e. The third kappa shape index (κ3) is 3.64. The van der Waals surface area contributed by atoms with Gasteiger partial charge in [-0.15, -0.1) is 11.3 Å². The number of thiophene rings is 1. The number of rotatable bonds is 6. The second-order valence-corrected chi connectivity index (χ2v) is 9.74. The summed E-state index contributed by atoms with van der Waals surface area (Å²) in [7, 11) is 0.812. The Hall–Kier alpha value is -3.04. The fourth-order valence-electron chi connectivity index (χ4n) is 3.71. The van der Waals surface area contributed by atoms with Crippen molar-refractivity contribution in [3.8, 4) is 17.2 Å². The van der Waals surface area contributed by atoms with Crippen LogP contribution in [-0.2, 0) is 14.6 Å². The summed E-state index contributed by atoms with van der Waals surface area (Å²) in [5, 5.41) is 4.35. The highest BCUT2D eigenvalue weighted by molar-refractivity contribution is 7.91. The van der Waals surface area contributed by atoms with Crippen LogP contribution in [0.4, 0.5) is 5.69 Å². The predicted octanol–water partition coefficient (Wildman–Crippen LogP) is 4.08. The van der Waals surface area contributed by atoms with Crippen molar-refractivity contribution in [2.45, 2.75) is 22.1 Å². The maximum Gasteiger partial charge on any atom is 0.225 e. The quantitative estimate of drug-likeness (QED) is 0.597. The number of carbonyl (C=O) groups is 1. The largest absolute Gasteiger partial charge is 0.496 e. The number of hydrogen-bond acceptors (Lipinski definition) is 7. The average molecular weight is 460 g/mol. The Balaban J connectivity index is 1.87. The van der Waals surface area contributed by atoms with Gasteiger partial charge >= 0.3 is 0 Å². The summed E-state index contributed by atoms with van der Waals surface area (Å²) in [5.74, 6) is 0.881. The standard InChI is InChI=1S/C22H21NO6S2/c1-27-16-11-18(29-3)17(28-2)9-14(16)15-10-20(24)23-21-19(12-30-22(15)21)31(25,26)13-7-5-4-6-8-13/h4-9,11-12,15H,10H2,1-3H3,(H,23,24)/t15-/m0/s1. The molecule has 4 rings (SSSR count). The second kappa shape index (κ2) is 8.24. The zero-order valence-corrected chi connectivity index (χ0v) is 18.8. The van der Waals surface area contributed by atoms with Gasteiger partial charge in [0.25, 0.3) is 0 Å². The lowest BCUT2D eigenvalue weighted by Crippen LogP contribution is -2.23. The summed E-state index contributed by atoms with van der Waals surface area (Å²) in [4.78, 5) is 13.6. The SMILES string of the molecule is COc1cc(OC)c([C@@H]2CC(=O)Nc3c(S(=O)(=O)c4ccccc4)csc32)cc1OC. The van der Waals surface area contributed by atoms with Crippen molar-refractivity contribution in [2.24, 2.45) is 0 Å². The first-order valence-corrected chi connectivity index (χ1v) is 11.8. The number of nitrogens with one attached hydrogen (secondary N) is 1. The van der Waals surface area contributed by atoms with Crippen LogP contribution in [0.5, 0.6) is 17.2 Å². The molecule has 0 bridgehead atoms. The molecule has 1 aliphatic heterocycles. The highest BCUT2D eigenvalue weighted by atomic mass is 32.2. The number of carbonyl (C=O) groups excluding carboxylic acids is 1. The highest BCUT2D eigenvalue weighted by Gasteiger charge is 2.36. The van der Waals surface area contributed by atoms with Crippen LogP contribution < -0.4 is 19.5 Å². The molecule has 0 aliphatic carbocycles. The first-order valence-electron chi connectivity index (χ1n) is 9.42. The van der Waals surface area contributed by atoms with Crippen LogP contribution in [0.1, 0.15) is 22.8 Å². The number of hydrogen-bond donors (Lipinski definition) is 1. The molecule has 0 unspecified atom stereocenters. The molecule has 9 heteroatoms. The number of benzene rings is 2. The number of anilines is 1. The molecule has 0 fully saturated rings. The number of fused-ring (bicyclic) bond motifs is 1. The van der Waals surface area contributed by atoms with Gasteiger partial charge in [0, 0.05) is 34.2 Å². The van der Waals surface area contributed by atoms with Gasteiger partial charge in [-0.1, -0.05) is 18.2 Å². The summed E-state index contributed by atoms with van der Waals surface area (Å²) in [6.07, 6.45) is 0.157. The molecular formula is C22H21NO6S2. The Morgan fingerprint density at radius 1 is 0.968 bits per heavy atom. The number of amides is 1. The van der Waals surface area contributed by atoms with Crippen LogP contribution >= 0.6 is 11.3 Å². The van der Waals surface area contributed by atoms with Crippen molar-refractivity contribution in [1.29, 1.82) is 0 Å². The molecule has 162 valence electrons. The van der Waals surface area contributed by atoms with Crippen molar-refractivity contribution in [2.75, 3.05) is 26.6 Å². The van der Waals surface area contributed by atoms with Crippen LogP contribution in [-0.4, -0.2) is 35.7 Å². The minimum atomic E-state index is -3.79. The molecule has 2 heterocycles. The summed E-state index contributed by atoms with van der Waals surface area (Å²) in [6.45, 7) is 0. The average Bonchev–Trinajstić information content (AvgIpc) is 3.22. The van der Waals surface area contributed by atoms with Gasteiger partial charge in [-0.25, -0.2) is 8.42 Å². The zero-order valence-electron chi connectivity index (χ0n) is 17.2. The van der Waals surface area contributed by atoms with Crippen molar-refractivity contribution in [3.63, 3.8) is 0 Å². The van der Waals surface area contributed by atoms with E-state index in [4.69, 9.17) is 14.2 Å². The van der Waals surface area contributed by atoms with E-state index in [0.717, 1.165) is 10.4 Å². The maximum atomic E-state index is 13.2.